The number of hydrogen-bond acceptors (Lipinski definition) is 4. The van der Waals surface area contributed by atoms with Gasteiger partial charge in [-0.2, -0.15) is 0 Å². The molecule has 0 amide bonds. The minimum atomic E-state index is -2.96. The van der Waals surface area contributed by atoms with Gasteiger partial charge in [-0.15, -0.1) is 0 Å². The molecule has 8 heteroatoms. The fourth-order valence-electron chi connectivity index (χ4n) is 3.31. The van der Waals surface area contributed by atoms with Gasteiger partial charge in [-0.05, 0) is 57.0 Å². The van der Waals surface area contributed by atoms with Gasteiger partial charge in [0.15, 0.2) is 5.96 Å². The Hall–Kier alpha value is -1.31. The van der Waals surface area contributed by atoms with E-state index in [0.717, 1.165) is 18.1 Å². The summed E-state index contributed by atoms with van der Waals surface area (Å²) in [7, 11) is -1.23. The SMILES string of the molecule is CN=C(NCC(c1cccc(Cl)c1)N1CCCC1)NC(C)CCS(C)(=O)=O. The number of guanidine groups is 1. The van der Waals surface area contributed by atoms with Crippen LogP contribution in [0.15, 0.2) is 29.3 Å². The van der Waals surface area contributed by atoms with Crippen molar-refractivity contribution in [1.29, 1.82) is 0 Å². The van der Waals surface area contributed by atoms with Crippen LogP contribution in [0.2, 0.25) is 5.02 Å². The van der Waals surface area contributed by atoms with Crippen LogP contribution >= 0.6 is 11.6 Å². The number of sulfone groups is 1. The van der Waals surface area contributed by atoms with Crippen LogP contribution in [0, 0.1) is 0 Å². The van der Waals surface area contributed by atoms with E-state index in [2.05, 4.69) is 26.6 Å². The normalized spacial score (nSPS) is 18.3. The molecule has 0 radical (unpaired) electrons. The molecular weight excluding hydrogens is 384 g/mol. The molecule has 1 fully saturated rings. The highest BCUT2D eigenvalue weighted by atomic mass is 35.5. The van der Waals surface area contributed by atoms with Crippen molar-refractivity contribution in [2.24, 2.45) is 4.99 Å². The van der Waals surface area contributed by atoms with E-state index >= 15 is 0 Å². The summed E-state index contributed by atoms with van der Waals surface area (Å²) in [6.45, 7) is 4.83. The summed E-state index contributed by atoms with van der Waals surface area (Å²) in [5.74, 6) is 0.846. The van der Waals surface area contributed by atoms with Crippen molar-refractivity contribution in [2.75, 3.05) is 38.7 Å². The highest BCUT2D eigenvalue weighted by Gasteiger charge is 2.24. The lowest BCUT2D eigenvalue weighted by Gasteiger charge is -2.29. The molecule has 1 aromatic carbocycles. The lowest BCUT2D eigenvalue weighted by Crippen LogP contribution is -2.46. The molecule has 0 bridgehead atoms. The zero-order valence-corrected chi connectivity index (χ0v) is 18.0. The summed E-state index contributed by atoms with van der Waals surface area (Å²) in [5, 5.41) is 7.42. The van der Waals surface area contributed by atoms with Crippen LogP contribution < -0.4 is 10.6 Å². The maximum atomic E-state index is 11.3. The first-order valence-electron chi connectivity index (χ1n) is 9.43. The van der Waals surface area contributed by atoms with Crippen LogP contribution in [0.5, 0.6) is 0 Å². The van der Waals surface area contributed by atoms with Crippen LogP contribution in [0.3, 0.4) is 0 Å². The van der Waals surface area contributed by atoms with Crippen molar-refractivity contribution in [3.05, 3.63) is 34.9 Å². The van der Waals surface area contributed by atoms with Gasteiger partial charge in [0.1, 0.15) is 9.84 Å². The topological polar surface area (TPSA) is 73.8 Å². The predicted octanol–water partition coefficient (Wildman–Crippen LogP) is 2.47. The van der Waals surface area contributed by atoms with Crippen LogP contribution in [0.25, 0.3) is 0 Å². The molecule has 1 heterocycles. The molecule has 2 N–H and O–H groups in total. The van der Waals surface area contributed by atoms with Gasteiger partial charge in [0.05, 0.1) is 11.8 Å². The summed E-state index contributed by atoms with van der Waals surface area (Å²) in [4.78, 5) is 6.75. The molecule has 1 aromatic rings. The molecule has 1 aliphatic rings. The third-order valence-corrected chi connectivity index (χ3v) is 6.02. The Bertz CT molecular complexity index is 733. The van der Waals surface area contributed by atoms with E-state index in [1.54, 1.807) is 7.05 Å². The summed E-state index contributed by atoms with van der Waals surface area (Å²) >= 11 is 6.20. The molecule has 2 rings (SSSR count). The fourth-order valence-corrected chi connectivity index (χ4v) is 4.29. The largest absolute Gasteiger partial charge is 0.354 e. The third kappa shape index (κ3) is 7.68. The molecule has 0 spiro atoms. The summed E-state index contributed by atoms with van der Waals surface area (Å²) < 4.78 is 22.7. The molecule has 152 valence electrons. The molecule has 0 aromatic heterocycles. The second kappa shape index (κ2) is 10.3. The van der Waals surface area contributed by atoms with Gasteiger partial charge in [-0.25, -0.2) is 8.42 Å². The molecular formula is C19H31ClN4O2S. The highest BCUT2D eigenvalue weighted by molar-refractivity contribution is 7.90. The minimum absolute atomic E-state index is 0.0160. The van der Waals surface area contributed by atoms with Crippen LogP contribution in [0.1, 0.15) is 37.8 Å². The Morgan fingerprint density at radius 2 is 2.04 bits per heavy atom. The number of nitrogens with zero attached hydrogens (tertiary/aromatic N) is 2. The second-order valence-corrected chi connectivity index (χ2v) is 9.93. The maximum absolute atomic E-state index is 11.3. The van der Waals surface area contributed by atoms with Crippen molar-refractivity contribution in [3.63, 3.8) is 0 Å². The van der Waals surface area contributed by atoms with Gasteiger partial charge >= 0.3 is 0 Å². The molecule has 2 atom stereocenters. The number of aliphatic imine (C=N–C) groups is 1. The summed E-state index contributed by atoms with van der Waals surface area (Å²) in [6, 6.07) is 8.25. The van der Waals surface area contributed by atoms with Gasteiger partial charge in [0.2, 0.25) is 0 Å². The van der Waals surface area contributed by atoms with Crippen molar-refractivity contribution < 1.29 is 8.42 Å². The van der Waals surface area contributed by atoms with E-state index in [1.807, 2.05) is 25.1 Å². The highest BCUT2D eigenvalue weighted by Crippen LogP contribution is 2.26. The first-order valence-corrected chi connectivity index (χ1v) is 11.9. The number of benzene rings is 1. The zero-order chi connectivity index (χ0) is 19.9. The summed E-state index contributed by atoms with van der Waals surface area (Å²) in [5.41, 5.74) is 1.19. The van der Waals surface area contributed by atoms with E-state index in [-0.39, 0.29) is 17.8 Å². The van der Waals surface area contributed by atoms with Gasteiger partial charge < -0.3 is 10.6 Å². The summed E-state index contributed by atoms with van der Waals surface area (Å²) in [6.07, 6.45) is 4.24. The first-order chi connectivity index (χ1) is 12.8. The van der Waals surface area contributed by atoms with Gasteiger partial charge in [-0.1, -0.05) is 23.7 Å². The fraction of sp³-hybridized carbons (Fsp3) is 0.632. The van der Waals surface area contributed by atoms with Crippen molar-refractivity contribution >= 4 is 27.4 Å². The predicted molar refractivity (Wildman–Crippen MR) is 113 cm³/mol. The molecule has 27 heavy (non-hydrogen) atoms. The van der Waals surface area contributed by atoms with Gasteiger partial charge in [0.25, 0.3) is 0 Å². The van der Waals surface area contributed by atoms with Crippen molar-refractivity contribution in [1.82, 2.24) is 15.5 Å². The van der Waals surface area contributed by atoms with Crippen LogP contribution in [-0.4, -0.2) is 64.0 Å². The number of hydrogen-bond donors (Lipinski definition) is 2. The van der Waals surface area contributed by atoms with E-state index in [9.17, 15) is 8.42 Å². The quantitative estimate of drug-likeness (QED) is 0.505. The Balaban J connectivity index is 1.98. The van der Waals surface area contributed by atoms with E-state index in [1.165, 1.54) is 24.7 Å². The molecule has 1 saturated heterocycles. The molecule has 0 aliphatic carbocycles. The number of rotatable bonds is 8. The number of likely N-dealkylation sites (tertiary alicyclic amines) is 1. The molecule has 6 nitrogen and oxygen atoms in total. The zero-order valence-electron chi connectivity index (χ0n) is 16.4. The average Bonchev–Trinajstić information content (AvgIpc) is 3.13. The Kier molecular flexibility index (Phi) is 8.38. The van der Waals surface area contributed by atoms with Crippen molar-refractivity contribution in [2.45, 2.75) is 38.3 Å². The maximum Gasteiger partial charge on any atom is 0.191 e. The van der Waals surface area contributed by atoms with Crippen molar-refractivity contribution in [3.8, 4) is 0 Å². The number of nitrogens with one attached hydrogen (secondary N) is 2. The lowest BCUT2D eigenvalue weighted by atomic mass is 10.1. The Morgan fingerprint density at radius 3 is 2.63 bits per heavy atom. The Labute approximate surface area is 168 Å². The molecule has 1 aliphatic heterocycles. The average molecular weight is 415 g/mol. The number of halogens is 1. The van der Waals surface area contributed by atoms with Gasteiger partial charge in [0, 0.05) is 30.9 Å². The van der Waals surface area contributed by atoms with E-state index in [4.69, 9.17) is 11.6 Å². The second-order valence-electron chi connectivity index (χ2n) is 7.23. The lowest BCUT2D eigenvalue weighted by molar-refractivity contribution is 0.245. The molecule has 2 unspecified atom stereocenters. The van der Waals surface area contributed by atoms with Crippen LogP contribution in [0.4, 0.5) is 0 Å². The van der Waals surface area contributed by atoms with Crippen LogP contribution in [-0.2, 0) is 9.84 Å². The van der Waals surface area contributed by atoms with Gasteiger partial charge in [-0.3, -0.25) is 9.89 Å². The standard InChI is InChI=1S/C19H31ClN4O2S/c1-15(9-12-27(3,25)26)23-19(21-2)22-14-18(24-10-4-5-11-24)16-7-6-8-17(20)13-16/h6-8,13,15,18H,4-5,9-12,14H2,1-3H3,(H2,21,22,23). The first kappa shape index (κ1) is 22.0. The Morgan fingerprint density at radius 1 is 1.33 bits per heavy atom. The minimum Gasteiger partial charge on any atom is -0.354 e. The smallest absolute Gasteiger partial charge is 0.191 e. The van der Waals surface area contributed by atoms with E-state index in [0.29, 0.717) is 18.9 Å². The molecule has 0 saturated carbocycles. The third-order valence-electron chi connectivity index (χ3n) is 4.81. The van der Waals surface area contributed by atoms with E-state index < -0.39 is 9.84 Å². The monoisotopic (exact) mass is 414 g/mol.